The molecule has 0 amide bonds. The lowest BCUT2D eigenvalue weighted by Gasteiger charge is -2.16. The lowest BCUT2D eigenvalue weighted by Crippen LogP contribution is -2.04. The molecule has 0 aliphatic rings. The molecule has 1 N–H and O–H groups in total. The van der Waals surface area contributed by atoms with E-state index in [-0.39, 0.29) is 12.4 Å². The van der Waals surface area contributed by atoms with Gasteiger partial charge in [-0.05, 0) is 66.6 Å². The molecule has 3 nitrogen and oxygen atoms in total. The Hall–Kier alpha value is -2.43. The summed E-state index contributed by atoms with van der Waals surface area (Å²) >= 11 is 12.4. The lowest BCUT2D eigenvalue weighted by atomic mass is 10.2. The Labute approximate surface area is 174 Å². The van der Waals surface area contributed by atoms with Crippen LogP contribution in [0, 0.1) is 5.82 Å². The molecule has 0 fully saturated rings. The van der Waals surface area contributed by atoms with Crippen LogP contribution in [0.3, 0.4) is 0 Å². The summed E-state index contributed by atoms with van der Waals surface area (Å²) in [6.07, 6.45) is 0. The van der Waals surface area contributed by atoms with E-state index in [1.165, 1.54) is 12.1 Å². The van der Waals surface area contributed by atoms with E-state index in [9.17, 15) is 4.39 Å². The first-order valence-electron chi connectivity index (χ1n) is 8.87. The van der Waals surface area contributed by atoms with E-state index in [0.29, 0.717) is 40.3 Å². The third-order valence-corrected chi connectivity index (χ3v) is 4.51. The number of halogens is 3. The van der Waals surface area contributed by atoms with Crippen molar-refractivity contribution in [3.05, 3.63) is 87.7 Å². The monoisotopic (exact) mass is 419 g/mol. The third-order valence-electron chi connectivity index (χ3n) is 3.98. The van der Waals surface area contributed by atoms with Gasteiger partial charge in [-0.1, -0.05) is 35.3 Å². The average Bonchev–Trinajstić information content (AvgIpc) is 2.67. The maximum Gasteiger partial charge on any atom is 0.180 e. The predicted molar refractivity (Wildman–Crippen MR) is 112 cm³/mol. The molecule has 0 aliphatic carbocycles. The van der Waals surface area contributed by atoms with Crippen LogP contribution in [0.2, 0.25) is 10.0 Å². The van der Waals surface area contributed by atoms with E-state index in [0.717, 1.165) is 11.3 Å². The van der Waals surface area contributed by atoms with Gasteiger partial charge in [-0.3, -0.25) is 0 Å². The van der Waals surface area contributed by atoms with E-state index in [1.54, 1.807) is 12.1 Å². The first-order valence-corrected chi connectivity index (χ1v) is 9.62. The Balaban J connectivity index is 1.74. The van der Waals surface area contributed by atoms with Gasteiger partial charge in [0.15, 0.2) is 11.5 Å². The van der Waals surface area contributed by atoms with Gasteiger partial charge in [-0.2, -0.15) is 0 Å². The maximum absolute atomic E-state index is 13.4. The molecular weight excluding hydrogens is 400 g/mol. The van der Waals surface area contributed by atoms with Crippen LogP contribution in [-0.2, 0) is 13.2 Å². The van der Waals surface area contributed by atoms with Crippen molar-refractivity contribution in [1.82, 2.24) is 0 Å². The van der Waals surface area contributed by atoms with E-state index in [4.69, 9.17) is 32.7 Å². The van der Waals surface area contributed by atoms with Crippen molar-refractivity contribution in [3.8, 4) is 11.5 Å². The summed E-state index contributed by atoms with van der Waals surface area (Å²) in [6.45, 7) is 3.12. The minimum atomic E-state index is -0.305. The number of benzene rings is 3. The molecule has 28 heavy (non-hydrogen) atoms. The Kier molecular flexibility index (Phi) is 7.01. The fraction of sp³-hybridized carbons (Fsp3) is 0.182. The number of anilines is 1. The van der Waals surface area contributed by atoms with Crippen molar-refractivity contribution >= 4 is 28.9 Å². The van der Waals surface area contributed by atoms with Crippen LogP contribution in [0.5, 0.6) is 11.5 Å². The van der Waals surface area contributed by atoms with Crippen molar-refractivity contribution in [2.75, 3.05) is 11.9 Å². The predicted octanol–water partition coefficient (Wildman–Crippen LogP) is 6.72. The molecule has 0 aromatic heterocycles. The number of rotatable bonds is 8. The van der Waals surface area contributed by atoms with Gasteiger partial charge < -0.3 is 14.8 Å². The van der Waals surface area contributed by atoms with Gasteiger partial charge in [0.2, 0.25) is 0 Å². The molecule has 0 spiro atoms. The molecule has 0 saturated carbocycles. The lowest BCUT2D eigenvalue weighted by molar-refractivity contribution is 0.269. The smallest absolute Gasteiger partial charge is 0.180 e. The zero-order chi connectivity index (χ0) is 19.9. The molecule has 0 radical (unpaired) electrons. The molecule has 0 aliphatic heterocycles. The SMILES string of the molecule is CCOc1cc(CNc2ccc(Cl)cc2)cc(Cl)c1OCc1cccc(F)c1. The second-order valence-corrected chi connectivity index (χ2v) is 6.96. The second kappa shape index (κ2) is 9.67. The zero-order valence-electron chi connectivity index (χ0n) is 15.3. The molecule has 0 saturated heterocycles. The summed E-state index contributed by atoms with van der Waals surface area (Å²) in [7, 11) is 0. The molecule has 0 unspecified atom stereocenters. The van der Waals surface area contributed by atoms with Gasteiger partial charge in [0.05, 0.1) is 11.6 Å². The van der Waals surface area contributed by atoms with Crippen LogP contribution in [0.4, 0.5) is 10.1 Å². The van der Waals surface area contributed by atoms with Gasteiger partial charge in [0, 0.05) is 17.3 Å². The van der Waals surface area contributed by atoms with E-state index >= 15 is 0 Å². The highest BCUT2D eigenvalue weighted by Gasteiger charge is 2.13. The molecule has 3 aromatic carbocycles. The summed E-state index contributed by atoms with van der Waals surface area (Å²) in [6, 6.07) is 17.4. The molecule has 3 aromatic rings. The maximum atomic E-state index is 13.4. The third kappa shape index (κ3) is 5.54. The van der Waals surface area contributed by atoms with Crippen LogP contribution < -0.4 is 14.8 Å². The highest BCUT2D eigenvalue weighted by Crippen LogP contribution is 2.37. The normalized spacial score (nSPS) is 10.6. The first-order chi connectivity index (χ1) is 13.5. The van der Waals surface area contributed by atoms with Gasteiger partial charge in [0.1, 0.15) is 12.4 Å². The summed E-state index contributed by atoms with van der Waals surface area (Å²) < 4.78 is 24.9. The average molecular weight is 420 g/mol. The van der Waals surface area contributed by atoms with Crippen LogP contribution >= 0.6 is 23.2 Å². The Morgan fingerprint density at radius 2 is 1.71 bits per heavy atom. The Morgan fingerprint density at radius 3 is 2.43 bits per heavy atom. The Morgan fingerprint density at radius 1 is 0.929 bits per heavy atom. The van der Waals surface area contributed by atoms with Crippen LogP contribution in [0.1, 0.15) is 18.1 Å². The van der Waals surface area contributed by atoms with Crippen LogP contribution in [-0.4, -0.2) is 6.61 Å². The van der Waals surface area contributed by atoms with Crippen LogP contribution in [0.25, 0.3) is 0 Å². The standard InChI is InChI=1S/C22H20Cl2FNO2/c1-2-27-21-12-16(13-26-19-8-6-17(23)7-9-19)11-20(24)22(21)28-14-15-4-3-5-18(25)10-15/h3-12,26H,2,13-14H2,1H3. The van der Waals surface area contributed by atoms with E-state index < -0.39 is 0 Å². The molecule has 0 heterocycles. The van der Waals surface area contributed by atoms with Gasteiger partial charge in [-0.25, -0.2) is 4.39 Å². The quantitative estimate of drug-likeness (QED) is 0.439. The number of ether oxygens (including phenoxy) is 2. The number of hydrogen-bond donors (Lipinski definition) is 1. The highest BCUT2D eigenvalue weighted by molar-refractivity contribution is 6.32. The number of nitrogens with one attached hydrogen (secondary N) is 1. The summed E-state index contributed by atoms with van der Waals surface area (Å²) in [5, 5.41) is 4.44. The second-order valence-electron chi connectivity index (χ2n) is 6.12. The first kappa shape index (κ1) is 20.3. The van der Waals surface area contributed by atoms with Gasteiger partial charge >= 0.3 is 0 Å². The largest absolute Gasteiger partial charge is 0.490 e. The van der Waals surface area contributed by atoms with Crippen molar-refractivity contribution in [2.24, 2.45) is 0 Å². The fourth-order valence-corrected chi connectivity index (χ4v) is 3.09. The molecule has 3 rings (SSSR count). The van der Waals surface area contributed by atoms with Gasteiger partial charge in [0.25, 0.3) is 0 Å². The van der Waals surface area contributed by atoms with E-state index in [1.807, 2.05) is 43.3 Å². The summed E-state index contributed by atoms with van der Waals surface area (Å²) in [5.74, 6) is 0.697. The minimum Gasteiger partial charge on any atom is -0.490 e. The fourth-order valence-electron chi connectivity index (χ4n) is 2.68. The molecular formula is C22H20Cl2FNO2. The zero-order valence-corrected chi connectivity index (χ0v) is 16.9. The topological polar surface area (TPSA) is 30.5 Å². The molecule has 0 bridgehead atoms. The van der Waals surface area contributed by atoms with Crippen molar-refractivity contribution < 1.29 is 13.9 Å². The molecule has 0 atom stereocenters. The molecule has 146 valence electrons. The van der Waals surface area contributed by atoms with E-state index in [2.05, 4.69) is 5.32 Å². The summed E-state index contributed by atoms with van der Waals surface area (Å²) in [5.41, 5.74) is 2.61. The Bertz CT molecular complexity index is 932. The van der Waals surface area contributed by atoms with Crippen molar-refractivity contribution in [2.45, 2.75) is 20.1 Å². The van der Waals surface area contributed by atoms with Gasteiger partial charge in [-0.15, -0.1) is 0 Å². The highest BCUT2D eigenvalue weighted by atomic mass is 35.5. The van der Waals surface area contributed by atoms with Crippen molar-refractivity contribution in [1.29, 1.82) is 0 Å². The molecule has 6 heteroatoms. The number of hydrogen-bond acceptors (Lipinski definition) is 3. The minimum absolute atomic E-state index is 0.194. The summed E-state index contributed by atoms with van der Waals surface area (Å²) in [4.78, 5) is 0. The van der Waals surface area contributed by atoms with Crippen molar-refractivity contribution in [3.63, 3.8) is 0 Å². The van der Waals surface area contributed by atoms with Crippen LogP contribution in [0.15, 0.2) is 60.7 Å².